The Bertz CT molecular complexity index is 734. The van der Waals surface area contributed by atoms with E-state index >= 15 is 0 Å². The molecule has 26 heavy (non-hydrogen) atoms. The van der Waals surface area contributed by atoms with E-state index in [0.29, 0.717) is 16.8 Å². The molecular weight excluding hydrogens is 352 g/mol. The zero-order chi connectivity index (χ0) is 18.5. The van der Waals surface area contributed by atoms with E-state index in [0.717, 1.165) is 24.5 Å². The maximum atomic E-state index is 12.0. The first kappa shape index (κ1) is 18.5. The van der Waals surface area contributed by atoms with Gasteiger partial charge in [0, 0.05) is 29.0 Å². The number of nitrogens with zero attached hydrogens (tertiary/aromatic N) is 1. The van der Waals surface area contributed by atoms with Crippen molar-refractivity contribution in [3.05, 3.63) is 53.6 Å². The molecule has 0 radical (unpaired) electrons. The molecule has 2 atom stereocenters. The summed E-state index contributed by atoms with van der Waals surface area (Å²) >= 11 is 5.82. The van der Waals surface area contributed by atoms with Crippen LogP contribution in [0, 0.1) is 0 Å². The minimum atomic E-state index is -0.207. The van der Waals surface area contributed by atoms with E-state index in [9.17, 15) is 4.79 Å². The third-order valence-corrected chi connectivity index (χ3v) is 4.53. The average molecular weight is 375 g/mol. The van der Waals surface area contributed by atoms with Gasteiger partial charge in [-0.25, -0.2) is 0 Å². The second-order valence-corrected chi connectivity index (χ2v) is 6.92. The number of carbonyl (C=O) groups excluding carboxylic acids is 1. The number of ether oxygens (including phenoxy) is 2. The van der Waals surface area contributed by atoms with E-state index < -0.39 is 0 Å². The van der Waals surface area contributed by atoms with Gasteiger partial charge in [-0.3, -0.25) is 4.79 Å². The number of hydrogen-bond acceptors (Lipinski definition) is 4. The molecule has 6 heteroatoms. The van der Waals surface area contributed by atoms with Crippen molar-refractivity contribution in [2.45, 2.75) is 26.0 Å². The van der Waals surface area contributed by atoms with Crippen LogP contribution < -0.4 is 15.0 Å². The Morgan fingerprint density at radius 1 is 1.19 bits per heavy atom. The van der Waals surface area contributed by atoms with Crippen molar-refractivity contribution in [2.75, 3.05) is 30.0 Å². The van der Waals surface area contributed by atoms with E-state index in [2.05, 4.69) is 24.1 Å². The van der Waals surface area contributed by atoms with Crippen molar-refractivity contribution < 1.29 is 14.3 Å². The van der Waals surface area contributed by atoms with Gasteiger partial charge in [0.15, 0.2) is 6.61 Å². The second kappa shape index (κ2) is 8.43. The van der Waals surface area contributed by atoms with Gasteiger partial charge >= 0.3 is 0 Å². The zero-order valence-electron chi connectivity index (χ0n) is 14.9. The lowest BCUT2D eigenvalue weighted by atomic mass is 10.1. The zero-order valence-corrected chi connectivity index (χ0v) is 15.7. The maximum absolute atomic E-state index is 12.0. The fourth-order valence-corrected chi connectivity index (χ4v) is 3.00. The van der Waals surface area contributed by atoms with Crippen molar-refractivity contribution in [3.8, 4) is 5.75 Å². The van der Waals surface area contributed by atoms with Crippen LogP contribution in [0.2, 0.25) is 5.02 Å². The summed E-state index contributed by atoms with van der Waals surface area (Å²) in [6.07, 6.45) is 0.218. The predicted molar refractivity (Wildman–Crippen MR) is 104 cm³/mol. The van der Waals surface area contributed by atoms with Crippen LogP contribution in [0.5, 0.6) is 5.75 Å². The topological polar surface area (TPSA) is 50.8 Å². The first-order chi connectivity index (χ1) is 12.5. The lowest BCUT2D eigenvalue weighted by molar-refractivity contribution is -0.118. The van der Waals surface area contributed by atoms with Gasteiger partial charge in [0.05, 0.1) is 12.7 Å². The number of morpholine rings is 1. The molecule has 0 saturated carbocycles. The Balaban J connectivity index is 1.53. The van der Waals surface area contributed by atoms with Crippen molar-refractivity contribution in [2.24, 2.45) is 0 Å². The quantitative estimate of drug-likeness (QED) is 0.860. The van der Waals surface area contributed by atoms with Crippen molar-refractivity contribution >= 4 is 28.9 Å². The molecule has 5 nitrogen and oxygen atoms in total. The summed E-state index contributed by atoms with van der Waals surface area (Å²) < 4.78 is 11.1. The smallest absolute Gasteiger partial charge is 0.262 e. The molecule has 0 spiro atoms. The number of benzene rings is 2. The molecule has 1 saturated heterocycles. The van der Waals surface area contributed by atoms with Crippen molar-refractivity contribution in [3.63, 3.8) is 0 Å². The molecule has 138 valence electrons. The largest absolute Gasteiger partial charge is 0.484 e. The Kier molecular flexibility index (Phi) is 6.01. The van der Waals surface area contributed by atoms with Gasteiger partial charge in [-0.15, -0.1) is 0 Å². The van der Waals surface area contributed by atoms with E-state index in [-0.39, 0.29) is 18.6 Å². The molecule has 0 aliphatic carbocycles. The number of rotatable bonds is 5. The minimum absolute atomic E-state index is 0.0542. The molecule has 1 fully saturated rings. The van der Waals surface area contributed by atoms with Gasteiger partial charge < -0.3 is 19.7 Å². The van der Waals surface area contributed by atoms with Crippen LogP contribution in [0.3, 0.4) is 0 Å². The standard InChI is InChI=1S/C20H23ClN2O3/c1-14-12-25-15(2)11-23(14)18-7-5-17(6-8-18)22-20(24)13-26-19-9-3-16(21)4-10-19/h3-10,14-15H,11-13H2,1-2H3,(H,22,24). The monoisotopic (exact) mass is 374 g/mol. The molecule has 3 rings (SSSR count). The van der Waals surface area contributed by atoms with E-state index in [1.54, 1.807) is 24.3 Å². The number of halogens is 1. The fourth-order valence-electron chi connectivity index (χ4n) is 2.88. The molecule has 2 aromatic carbocycles. The molecule has 1 aliphatic heterocycles. The van der Waals surface area contributed by atoms with Gasteiger partial charge in [-0.2, -0.15) is 0 Å². The Labute approximate surface area is 158 Å². The van der Waals surface area contributed by atoms with Gasteiger partial charge in [-0.05, 0) is 62.4 Å². The summed E-state index contributed by atoms with van der Waals surface area (Å²) in [5.41, 5.74) is 1.87. The van der Waals surface area contributed by atoms with E-state index in [4.69, 9.17) is 21.1 Å². The van der Waals surface area contributed by atoms with Crippen LogP contribution in [0.15, 0.2) is 48.5 Å². The molecular formula is C20H23ClN2O3. The molecule has 1 amide bonds. The van der Waals surface area contributed by atoms with Crippen LogP contribution in [0.4, 0.5) is 11.4 Å². The third kappa shape index (κ3) is 4.90. The highest BCUT2D eigenvalue weighted by atomic mass is 35.5. The van der Waals surface area contributed by atoms with Crippen molar-refractivity contribution in [1.29, 1.82) is 0 Å². The number of carbonyl (C=O) groups is 1. The van der Waals surface area contributed by atoms with Gasteiger partial charge in [0.25, 0.3) is 5.91 Å². The lowest BCUT2D eigenvalue weighted by Gasteiger charge is -2.38. The summed E-state index contributed by atoms with van der Waals surface area (Å²) in [6, 6.07) is 15.1. The molecule has 2 unspecified atom stereocenters. The fraction of sp³-hybridized carbons (Fsp3) is 0.350. The maximum Gasteiger partial charge on any atom is 0.262 e. The lowest BCUT2D eigenvalue weighted by Crippen LogP contribution is -2.47. The van der Waals surface area contributed by atoms with Crippen molar-refractivity contribution in [1.82, 2.24) is 0 Å². The highest BCUT2D eigenvalue weighted by Crippen LogP contribution is 2.23. The highest BCUT2D eigenvalue weighted by molar-refractivity contribution is 6.30. The molecule has 1 aliphatic rings. The summed E-state index contributed by atoms with van der Waals surface area (Å²) in [5.74, 6) is 0.399. The van der Waals surface area contributed by atoms with Gasteiger partial charge in [-0.1, -0.05) is 11.6 Å². The average Bonchev–Trinajstić information content (AvgIpc) is 2.64. The molecule has 0 bridgehead atoms. The summed E-state index contributed by atoms with van der Waals surface area (Å²) in [5, 5.41) is 3.47. The Morgan fingerprint density at radius 2 is 1.88 bits per heavy atom. The van der Waals surface area contributed by atoms with Crippen LogP contribution in [-0.2, 0) is 9.53 Å². The third-order valence-electron chi connectivity index (χ3n) is 4.27. The van der Waals surface area contributed by atoms with Gasteiger partial charge in [0.1, 0.15) is 5.75 Å². The first-order valence-corrected chi connectivity index (χ1v) is 9.05. The van der Waals surface area contributed by atoms with Crippen LogP contribution in [0.1, 0.15) is 13.8 Å². The second-order valence-electron chi connectivity index (χ2n) is 6.48. The van der Waals surface area contributed by atoms with Crippen LogP contribution >= 0.6 is 11.6 Å². The Hall–Kier alpha value is -2.24. The van der Waals surface area contributed by atoms with Crippen LogP contribution in [0.25, 0.3) is 0 Å². The molecule has 1 N–H and O–H groups in total. The number of nitrogens with one attached hydrogen (secondary N) is 1. The van der Waals surface area contributed by atoms with E-state index in [1.807, 2.05) is 24.3 Å². The molecule has 1 heterocycles. The summed E-state index contributed by atoms with van der Waals surface area (Å²) in [4.78, 5) is 14.4. The van der Waals surface area contributed by atoms with Crippen LogP contribution in [-0.4, -0.2) is 37.8 Å². The number of amides is 1. The highest BCUT2D eigenvalue weighted by Gasteiger charge is 2.23. The summed E-state index contributed by atoms with van der Waals surface area (Å²) in [6.45, 7) is 5.76. The first-order valence-electron chi connectivity index (χ1n) is 8.68. The SMILES string of the molecule is CC1CN(c2ccc(NC(=O)COc3ccc(Cl)cc3)cc2)C(C)CO1. The number of hydrogen-bond donors (Lipinski definition) is 1. The Morgan fingerprint density at radius 3 is 2.58 bits per heavy atom. The normalized spacial score (nSPS) is 19.9. The predicted octanol–water partition coefficient (Wildman–Crippen LogP) is 3.97. The van der Waals surface area contributed by atoms with E-state index in [1.165, 1.54) is 0 Å². The molecule has 0 aromatic heterocycles. The molecule has 2 aromatic rings. The van der Waals surface area contributed by atoms with Gasteiger partial charge in [0.2, 0.25) is 0 Å². The summed E-state index contributed by atoms with van der Waals surface area (Å²) in [7, 11) is 0. The number of anilines is 2. The minimum Gasteiger partial charge on any atom is -0.484 e.